The molecule has 0 saturated heterocycles. The van der Waals surface area contributed by atoms with Crippen LogP contribution in [0.15, 0.2) is 29.0 Å². The molecule has 11 heteroatoms. The Balaban J connectivity index is 2.07. The smallest absolute Gasteiger partial charge is 0.255 e. The first kappa shape index (κ1) is 22.8. The fraction of sp³-hybridized carbons (Fsp3) is 0.409. The summed E-state index contributed by atoms with van der Waals surface area (Å²) in [6.45, 7) is 1.65. The van der Waals surface area contributed by atoms with Gasteiger partial charge in [-0.3, -0.25) is 19.3 Å². The zero-order chi connectivity index (χ0) is 24.7. The van der Waals surface area contributed by atoms with Crippen LogP contribution in [0.2, 0.25) is 0 Å². The van der Waals surface area contributed by atoms with Crippen LogP contribution in [0.25, 0.3) is 5.76 Å². The Morgan fingerprint density at radius 3 is 2.30 bits per heavy atom. The van der Waals surface area contributed by atoms with E-state index < -0.39 is 81.4 Å². The van der Waals surface area contributed by atoms with Gasteiger partial charge in [0, 0.05) is 11.5 Å². The summed E-state index contributed by atoms with van der Waals surface area (Å²) >= 11 is 0. The van der Waals surface area contributed by atoms with E-state index >= 15 is 0 Å². The highest BCUT2D eigenvalue weighted by molar-refractivity contribution is 6.24. The lowest BCUT2D eigenvalue weighted by Crippen LogP contribution is -2.70. The first-order valence-electron chi connectivity index (χ1n) is 10.2. The number of carbonyl (C=O) groups is 3. The van der Waals surface area contributed by atoms with Crippen LogP contribution in [0, 0.1) is 11.8 Å². The number of fused-ring (bicyclic) bond motifs is 3. The molecule has 3 aliphatic rings. The summed E-state index contributed by atoms with van der Waals surface area (Å²) in [6.07, 6.45) is -1.62. The molecule has 0 heterocycles. The maximum absolute atomic E-state index is 13.7. The SMILES string of the molecule is C[C@H]1c2ccc(N)c(O)c2C(O)=C2C(=O)[C@]3(O)C(O)=C(C(N)=O)C(=O)[C@@H](N(C)C)[C@@H]3[C@@H](O)C21. The van der Waals surface area contributed by atoms with Gasteiger partial charge in [-0.2, -0.15) is 0 Å². The number of phenolic OH excluding ortho intramolecular Hbond substituents is 1. The lowest BCUT2D eigenvalue weighted by molar-refractivity contribution is -0.169. The second-order valence-corrected chi connectivity index (χ2v) is 9.02. The van der Waals surface area contributed by atoms with Gasteiger partial charge in [0.15, 0.2) is 11.4 Å². The van der Waals surface area contributed by atoms with Gasteiger partial charge in [0.2, 0.25) is 5.78 Å². The number of aliphatic hydroxyl groups is 4. The van der Waals surface area contributed by atoms with Gasteiger partial charge >= 0.3 is 0 Å². The molecule has 0 aliphatic heterocycles. The van der Waals surface area contributed by atoms with Gasteiger partial charge in [-0.25, -0.2) is 0 Å². The molecule has 9 N–H and O–H groups in total. The normalized spacial score (nSPS) is 33.7. The molecule has 1 aromatic rings. The number of benzene rings is 1. The molecule has 176 valence electrons. The molecule has 1 aromatic carbocycles. The minimum Gasteiger partial charge on any atom is -0.508 e. The Labute approximate surface area is 188 Å². The molecule has 1 saturated carbocycles. The fourth-order valence-corrected chi connectivity index (χ4v) is 5.63. The highest BCUT2D eigenvalue weighted by Gasteiger charge is 2.68. The van der Waals surface area contributed by atoms with Crippen molar-refractivity contribution < 1.29 is 39.9 Å². The van der Waals surface area contributed by atoms with E-state index in [1.54, 1.807) is 6.92 Å². The number of nitrogen functional groups attached to an aromatic ring is 1. The number of rotatable bonds is 2. The highest BCUT2D eigenvalue weighted by atomic mass is 16.4. The van der Waals surface area contributed by atoms with Crippen molar-refractivity contribution in [3.8, 4) is 5.75 Å². The van der Waals surface area contributed by atoms with Crippen molar-refractivity contribution in [1.29, 1.82) is 0 Å². The molecule has 0 radical (unpaired) electrons. The summed E-state index contributed by atoms with van der Waals surface area (Å²) in [4.78, 5) is 40.0. The molecule has 1 fully saturated rings. The van der Waals surface area contributed by atoms with Crippen molar-refractivity contribution in [2.24, 2.45) is 17.6 Å². The molecular formula is C22H25N3O8. The Morgan fingerprint density at radius 2 is 1.76 bits per heavy atom. The molecule has 4 rings (SSSR count). The Morgan fingerprint density at radius 1 is 1.15 bits per heavy atom. The largest absolute Gasteiger partial charge is 0.508 e. The quantitative estimate of drug-likeness (QED) is 0.164. The van der Waals surface area contributed by atoms with Crippen molar-refractivity contribution in [1.82, 2.24) is 4.90 Å². The standard InChI is InChI=1S/C22H25N3O8/c1-6-7-4-5-8(23)15(26)10(7)16(27)11-9(6)17(28)13-14(25(2)3)18(29)12(21(24)32)20(31)22(13,33)19(11)30/h4-6,9,13-14,17,26-28,31,33H,23H2,1-3H3,(H2,24,32)/t6-,9?,13+,14-,17-,22-/m0/s1. The molecule has 33 heavy (non-hydrogen) atoms. The van der Waals surface area contributed by atoms with Gasteiger partial charge < -0.3 is 37.0 Å². The van der Waals surface area contributed by atoms with Crippen LogP contribution >= 0.6 is 0 Å². The minimum absolute atomic E-state index is 0.0679. The number of aliphatic hydroxyl groups excluding tert-OH is 3. The van der Waals surface area contributed by atoms with E-state index in [-0.39, 0.29) is 11.3 Å². The van der Waals surface area contributed by atoms with Crippen LogP contribution in [0.1, 0.15) is 24.0 Å². The second kappa shape index (κ2) is 7.04. The van der Waals surface area contributed by atoms with Gasteiger partial charge in [-0.15, -0.1) is 0 Å². The minimum atomic E-state index is -2.93. The third kappa shape index (κ3) is 2.63. The second-order valence-electron chi connectivity index (χ2n) is 9.02. The number of aromatic hydroxyl groups is 1. The number of anilines is 1. The maximum Gasteiger partial charge on any atom is 0.255 e. The average molecular weight is 459 g/mol. The van der Waals surface area contributed by atoms with Crippen LogP contribution < -0.4 is 11.5 Å². The molecule has 0 bridgehead atoms. The van der Waals surface area contributed by atoms with Crippen LogP contribution in [-0.4, -0.2) is 79.7 Å². The lowest BCUT2D eigenvalue weighted by atomic mass is 9.54. The topological polar surface area (TPSA) is 208 Å². The summed E-state index contributed by atoms with van der Waals surface area (Å²) in [7, 11) is 2.90. The molecule has 1 unspecified atom stereocenters. The maximum atomic E-state index is 13.7. The van der Waals surface area contributed by atoms with Crippen molar-refractivity contribution >= 4 is 28.9 Å². The number of nitrogens with zero attached hydrogens (tertiary/aromatic N) is 1. The van der Waals surface area contributed by atoms with Crippen LogP contribution in [-0.2, 0) is 14.4 Å². The number of Topliss-reactive ketones (excluding diaryl/α,β-unsaturated/α-hetero) is 2. The van der Waals surface area contributed by atoms with E-state index in [1.807, 2.05) is 0 Å². The summed E-state index contributed by atoms with van der Waals surface area (Å²) in [5, 5.41) is 55.2. The van der Waals surface area contributed by atoms with Crippen LogP contribution in [0.4, 0.5) is 5.69 Å². The summed E-state index contributed by atoms with van der Waals surface area (Å²) < 4.78 is 0. The first-order chi connectivity index (χ1) is 15.3. The predicted molar refractivity (Wildman–Crippen MR) is 115 cm³/mol. The van der Waals surface area contributed by atoms with Crippen LogP contribution in [0.5, 0.6) is 5.75 Å². The third-order valence-corrected chi connectivity index (χ3v) is 7.16. The number of primary amides is 1. The first-order valence-corrected chi connectivity index (χ1v) is 10.2. The number of amides is 1. The fourth-order valence-electron chi connectivity index (χ4n) is 5.63. The molecule has 0 spiro atoms. The van der Waals surface area contributed by atoms with Crippen molar-refractivity contribution in [2.75, 3.05) is 19.8 Å². The molecular weight excluding hydrogens is 434 g/mol. The van der Waals surface area contributed by atoms with E-state index in [0.717, 1.165) is 0 Å². The Bertz CT molecular complexity index is 1190. The molecule has 0 aromatic heterocycles. The lowest BCUT2D eigenvalue weighted by Gasteiger charge is -2.53. The number of phenols is 1. The highest BCUT2D eigenvalue weighted by Crippen LogP contribution is 2.56. The molecule has 1 amide bonds. The van der Waals surface area contributed by atoms with Gasteiger partial charge in [-0.1, -0.05) is 13.0 Å². The van der Waals surface area contributed by atoms with E-state index in [2.05, 4.69) is 0 Å². The van der Waals surface area contributed by atoms with Gasteiger partial charge in [-0.05, 0) is 31.6 Å². The summed E-state index contributed by atoms with van der Waals surface area (Å²) in [5.74, 6) is -9.34. The Kier molecular flexibility index (Phi) is 4.86. The predicted octanol–water partition coefficient (Wildman–Crippen LogP) is -0.922. The third-order valence-electron chi connectivity index (χ3n) is 7.16. The van der Waals surface area contributed by atoms with Crippen molar-refractivity contribution in [3.63, 3.8) is 0 Å². The number of carbonyl (C=O) groups excluding carboxylic acids is 3. The summed E-state index contributed by atoms with van der Waals surface area (Å²) in [5.41, 5.74) is 6.86. The molecule has 3 aliphatic carbocycles. The van der Waals surface area contributed by atoms with Gasteiger partial charge in [0.25, 0.3) is 5.91 Å². The number of hydrogen-bond donors (Lipinski definition) is 7. The number of nitrogens with two attached hydrogens (primary N) is 2. The number of ketones is 2. The van der Waals surface area contributed by atoms with Gasteiger partial charge in [0.05, 0.1) is 29.3 Å². The van der Waals surface area contributed by atoms with Gasteiger partial charge in [0.1, 0.15) is 22.8 Å². The van der Waals surface area contributed by atoms with E-state index in [4.69, 9.17) is 11.5 Å². The van der Waals surface area contributed by atoms with E-state index in [0.29, 0.717) is 5.56 Å². The molecule has 6 atom stereocenters. The van der Waals surface area contributed by atoms with Crippen molar-refractivity contribution in [2.45, 2.75) is 30.6 Å². The Hall–Kier alpha value is -3.41. The van der Waals surface area contributed by atoms with E-state index in [9.17, 15) is 39.9 Å². The van der Waals surface area contributed by atoms with E-state index in [1.165, 1.54) is 31.1 Å². The monoisotopic (exact) mass is 459 g/mol. The van der Waals surface area contributed by atoms with Crippen molar-refractivity contribution in [3.05, 3.63) is 40.2 Å². The van der Waals surface area contributed by atoms with Crippen LogP contribution in [0.3, 0.4) is 0 Å². The zero-order valence-electron chi connectivity index (χ0n) is 18.1. The average Bonchev–Trinajstić information content (AvgIpc) is 2.72. The zero-order valence-corrected chi connectivity index (χ0v) is 18.1. The number of hydrogen-bond acceptors (Lipinski definition) is 10. The summed E-state index contributed by atoms with van der Waals surface area (Å²) in [6, 6.07) is 1.57. The number of likely N-dealkylation sites (N-methyl/N-ethyl adjacent to an activating group) is 1. The molecule has 11 nitrogen and oxygen atoms in total.